The molecular weight excluding hydrogens is 373 g/mol. The van der Waals surface area contributed by atoms with Crippen LogP contribution in [0.1, 0.15) is 17.3 Å². The highest BCUT2D eigenvalue weighted by atomic mass is 35.5. The molecule has 2 rings (SSSR count). The van der Waals surface area contributed by atoms with Crippen molar-refractivity contribution in [1.29, 1.82) is 0 Å². The van der Waals surface area contributed by atoms with Gasteiger partial charge >= 0.3 is 5.97 Å². The molecule has 0 aliphatic carbocycles. The number of anilines is 1. The van der Waals surface area contributed by atoms with Crippen LogP contribution in [0.3, 0.4) is 0 Å². The van der Waals surface area contributed by atoms with E-state index >= 15 is 0 Å². The molecule has 0 heterocycles. The van der Waals surface area contributed by atoms with E-state index in [0.717, 1.165) is 4.31 Å². The van der Waals surface area contributed by atoms with Crippen molar-refractivity contribution in [1.82, 2.24) is 0 Å². The fourth-order valence-electron chi connectivity index (χ4n) is 2.08. The molecule has 0 saturated carbocycles. The van der Waals surface area contributed by atoms with Crippen LogP contribution in [0.2, 0.25) is 10.0 Å². The van der Waals surface area contributed by atoms with E-state index in [1.807, 2.05) is 0 Å². The molecule has 0 aliphatic heterocycles. The van der Waals surface area contributed by atoms with Gasteiger partial charge in [-0.05, 0) is 37.3 Å². The number of halogens is 2. The van der Waals surface area contributed by atoms with Crippen LogP contribution in [0.5, 0.6) is 0 Å². The Kier molecular flexibility index (Phi) is 5.74. The van der Waals surface area contributed by atoms with Gasteiger partial charge in [0.2, 0.25) is 0 Å². The fourth-order valence-corrected chi connectivity index (χ4v) is 4.03. The minimum Gasteiger partial charge on any atom is -0.462 e. The van der Waals surface area contributed by atoms with Gasteiger partial charge in [-0.3, -0.25) is 4.31 Å². The zero-order valence-electron chi connectivity index (χ0n) is 13.0. The molecule has 128 valence electrons. The first kappa shape index (κ1) is 18.6. The van der Waals surface area contributed by atoms with Crippen LogP contribution < -0.4 is 4.31 Å². The summed E-state index contributed by atoms with van der Waals surface area (Å²) in [6, 6.07) is 10.4. The number of hydrogen-bond donors (Lipinski definition) is 0. The van der Waals surface area contributed by atoms with Gasteiger partial charge in [0.15, 0.2) is 0 Å². The second-order valence-corrected chi connectivity index (χ2v) is 7.57. The molecule has 0 atom stereocenters. The third-order valence-electron chi connectivity index (χ3n) is 3.27. The van der Waals surface area contributed by atoms with Gasteiger partial charge < -0.3 is 4.74 Å². The molecule has 0 saturated heterocycles. The summed E-state index contributed by atoms with van der Waals surface area (Å²) in [5.41, 5.74) is 0.329. The molecule has 24 heavy (non-hydrogen) atoms. The van der Waals surface area contributed by atoms with E-state index in [9.17, 15) is 13.2 Å². The topological polar surface area (TPSA) is 63.7 Å². The molecule has 0 fully saturated rings. The average Bonchev–Trinajstić information content (AvgIpc) is 2.56. The van der Waals surface area contributed by atoms with Crippen LogP contribution >= 0.6 is 23.2 Å². The van der Waals surface area contributed by atoms with Crippen LogP contribution in [0.15, 0.2) is 47.4 Å². The maximum atomic E-state index is 12.9. The van der Waals surface area contributed by atoms with E-state index < -0.39 is 16.0 Å². The SMILES string of the molecule is CCOC(=O)c1ccccc1N(C)S(=O)(=O)c1cc(Cl)ccc1Cl. The van der Waals surface area contributed by atoms with Crippen molar-refractivity contribution in [2.75, 3.05) is 18.0 Å². The van der Waals surface area contributed by atoms with Crippen molar-refractivity contribution < 1.29 is 17.9 Å². The molecular formula is C16H15Cl2NO4S. The van der Waals surface area contributed by atoms with Crippen LogP contribution in [0, 0.1) is 0 Å². The van der Waals surface area contributed by atoms with E-state index in [2.05, 4.69) is 0 Å². The Bertz CT molecular complexity index is 868. The van der Waals surface area contributed by atoms with Crippen molar-refractivity contribution in [3.8, 4) is 0 Å². The van der Waals surface area contributed by atoms with E-state index in [1.54, 1.807) is 19.1 Å². The van der Waals surface area contributed by atoms with E-state index in [0.29, 0.717) is 0 Å². The normalized spacial score (nSPS) is 11.2. The summed E-state index contributed by atoms with van der Waals surface area (Å²) in [6.07, 6.45) is 0. The van der Waals surface area contributed by atoms with E-state index in [4.69, 9.17) is 27.9 Å². The largest absolute Gasteiger partial charge is 0.462 e. The van der Waals surface area contributed by atoms with Crippen LogP contribution in [0.25, 0.3) is 0 Å². The standard InChI is InChI=1S/C16H15Cl2NO4S/c1-3-23-16(20)12-6-4-5-7-14(12)19(2)24(21,22)15-10-11(17)8-9-13(15)18/h4-10H,3H2,1-2H3. The molecule has 0 spiro atoms. The summed E-state index contributed by atoms with van der Waals surface area (Å²) in [6.45, 7) is 1.86. The number of esters is 1. The number of sulfonamides is 1. The van der Waals surface area contributed by atoms with Gasteiger partial charge in [0.05, 0.1) is 22.9 Å². The maximum Gasteiger partial charge on any atom is 0.340 e. The zero-order chi connectivity index (χ0) is 17.9. The molecule has 2 aromatic carbocycles. The molecule has 0 unspecified atom stereocenters. The maximum absolute atomic E-state index is 12.9. The summed E-state index contributed by atoms with van der Waals surface area (Å²) < 4.78 is 31.7. The molecule has 5 nitrogen and oxygen atoms in total. The van der Waals surface area contributed by atoms with E-state index in [-0.39, 0.29) is 32.8 Å². The van der Waals surface area contributed by atoms with E-state index in [1.165, 1.54) is 37.4 Å². The average molecular weight is 388 g/mol. The summed E-state index contributed by atoms with van der Waals surface area (Å²) in [4.78, 5) is 11.9. The summed E-state index contributed by atoms with van der Waals surface area (Å²) in [7, 11) is -2.67. The van der Waals surface area contributed by atoms with Crippen LogP contribution in [-0.2, 0) is 14.8 Å². The summed E-state index contributed by atoms with van der Waals surface area (Å²) in [5, 5.41) is 0.282. The number of ether oxygens (including phenoxy) is 1. The lowest BCUT2D eigenvalue weighted by Gasteiger charge is -2.22. The van der Waals surface area contributed by atoms with Crippen molar-refractivity contribution in [2.24, 2.45) is 0 Å². The summed E-state index contributed by atoms with van der Waals surface area (Å²) in [5.74, 6) is -0.604. The Morgan fingerprint density at radius 3 is 2.50 bits per heavy atom. The predicted octanol–water partition coefficient (Wildman–Crippen LogP) is 4.00. The second kappa shape index (κ2) is 7.42. The van der Waals surface area contributed by atoms with Crippen molar-refractivity contribution in [3.05, 3.63) is 58.1 Å². The third-order valence-corrected chi connectivity index (χ3v) is 5.76. The summed E-state index contributed by atoms with van der Waals surface area (Å²) >= 11 is 11.9. The van der Waals surface area contributed by atoms with Gasteiger partial charge in [-0.25, -0.2) is 13.2 Å². The Labute approximate surface area is 150 Å². The highest BCUT2D eigenvalue weighted by Crippen LogP contribution is 2.31. The van der Waals surface area contributed by atoms with Crippen molar-refractivity contribution in [3.63, 3.8) is 0 Å². The number of carbonyl (C=O) groups excluding carboxylic acids is 1. The lowest BCUT2D eigenvalue weighted by Crippen LogP contribution is -2.28. The third kappa shape index (κ3) is 3.66. The Balaban J connectivity index is 2.54. The molecule has 0 aromatic heterocycles. The van der Waals surface area contributed by atoms with Gasteiger partial charge in [0.1, 0.15) is 4.90 Å². The number of para-hydroxylation sites is 1. The Hall–Kier alpha value is -1.76. The quantitative estimate of drug-likeness (QED) is 0.727. The number of rotatable bonds is 5. The van der Waals surface area contributed by atoms with Crippen LogP contribution in [0.4, 0.5) is 5.69 Å². The number of carbonyl (C=O) groups is 1. The Morgan fingerprint density at radius 2 is 1.83 bits per heavy atom. The van der Waals surface area contributed by atoms with Crippen LogP contribution in [-0.4, -0.2) is 28.0 Å². The molecule has 0 radical (unpaired) electrons. The Morgan fingerprint density at radius 1 is 1.17 bits per heavy atom. The molecule has 0 bridgehead atoms. The van der Waals surface area contributed by atoms with Gasteiger partial charge in [-0.1, -0.05) is 35.3 Å². The first-order valence-corrected chi connectivity index (χ1v) is 9.18. The molecule has 0 amide bonds. The molecule has 8 heteroatoms. The number of benzene rings is 2. The smallest absolute Gasteiger partial charge is 0.340 e. The fraction of sp³-hybridized carbons (Fsp3) is 0.188. The van der Waals surface area contributed by atoms with Crippen molar-refractivity contribution >= 4 is 44.9 Å². The van der Waals surface area contributed by atoms with Gasteiger partial charge in [-0.15, -0.1) is 0 Å². The number of nitrogens with zero attached hydrogens (tertiary/aromatic N) is 1. The molecule has 2 aromatic rings. The minimum absolute atomic E-state index is 0.0415. The van der Waals surface area contributed by atoms with Gasteiger partial charge in [-0.2, -0.15) is 0 Å². The minimum atomic E-state index is -4.01. The van der Waals surface area contributed by atoms with Gasteiger partial charge in [0, 0.05) is 12.1 Å². The molecule has 0 N–H and O–H groups in total. The first-order chi connectivity index (χ1) is 11.3. The number of hydrogen-bond acceptors (Lipinski definition) is 4. The highest BCUT2D eigenvalue weighted by molar-refractivity contribution is 7.93. The van der Waals surface area contributed by atoms with Gasteiger partial charge in [0.25, 0.3) is 10.0 Å². The van der Waals surface area contributed by atoms with Crippen molar-refractivity contribution in [2.45, 2.75) is 11.8 Å². The second-order valence-electron chi connectivity index (χ2n) is 4.78. The lowest BCUT2D eigenvalue weighted by molar-refractivity contribution is 0.0527. The first-order valence-electron chi connectivity index (χ1n) is 6.99. The molecule has 0 aliphatic rings. The monoisotopic (exact) mass is 387 g/mol. The predicted molar refractivity (Wildman–Crippen MR) is 94.4 cm³/mol. The lowest BCUT2D eigenvalue weighted by atomic mass is 10.2. The highest BCUT2D eigenvalue weighted by Gasteiger charge is 2.27. The zero-order valence-corrected chi connectivity index (χ0v) is 15.3.